The van der Waals surface area contributed by atoms with Crippen LogP contribution in [0.15, 0.2) is 23.1 Å². The highest BCUT2D eigenvalue weighted by Crippen LogP contribution is 2.01. The molecule has 0 aliphatic heterocycles. The summed E-state index contributed by atoms with van der Waals surface area (Å²) in [6, 6.07) is 2.69. The summed E-state index contributed by atoms with van der Waals surface area (Å²) in [6.45, 7) is 0. The number of nitrogens with zero attached hydrogens (tertiary/aromatic N) is 2. The third-order valence-electron chi connectivity index (χ3n) is 1.80. The molecular weight excluding hydrogens is 186 g/mol. The fourth-order valence-corrected chi connectivity index (χ4v) is 1.15. The number of rotatable bonds is 1. The quantitative estimate of drug-likeness (QED) is 0.637. The van der Waals surface area contributed by atoms with Crippen molar-refractivity contribution in [3.63, 3.8) is 0 Å². The third kappa shape index (κ3) is 1.17. The number of aromatic nitrogens is 3. The molecule has 2 aromatic heterocycles. The lowest BCUT2D eigenvalue weighted by Gasteiger charge is -1.95. The van der Waals surface area contributed by atoms with Gasteiger partial charge in [-0.1, -0.05) is 0 Å². The lowest BCUT2D eigenvalue weighted by Crippen LogP contribution is -2.08. The zero-order valence-corrected chi connectivity index (χ0v) is 7.35. The van der Waals surface area contributed by atoms with Crippen LogP contribution in [0.4, 0.5) is 0 Å². The van der Waals surface area contributed by atoms with E-state index >= 15 is 0 Å². The van der Waals surface area contributed by atoms with Gasteiger partial charge in [-0.15, -0.1) is 5.10 Å². The summed E-state index contributed by atoms with van der Waals surface area (Å²) in [5, 5.41) is 6.29. The van der Waals surface area contributed by atoms with Crippen molar-refractivity contribution in [2.45, 2.75) is 0 Å². The number of esters is 1. The van der Waals surface area contributed by atoms with Crippen LogP contribution in [0.1, 0.15) is 10.6 Å². The number of carbonyl (C=O) groups is 1. The van der Waals surface area contributed by atoms with Crippen LogP contribution in [-0.4, -0.2) is 27.7 Å². The van der Waals surface area contributed by atoms with E-state index in [1.54, 1.807) is 0 Å². The lowest BCUT2D eigenvalue weighted by molar-refractivity contribution is 0.0585. The molecule has 0 amide bonds. The second-order valence-corrected chi connectivity index (χ2v) is 2.66. The molecule has 0 spiro atoms. The van der Waals surface area contributed by atoms with Gasteiger partial charge in [0.25, 0.3) is 0 Å². The minimum atomic E-state index is -0.556. The Morgan fingerprint density at radius 2 is 2.43 bits per heavy atom. The summed E-state index contributed by atoms with van der Waals surface area (Å²) in [7, 11) is 1.27. The van der Waals surface area contributed by atoms with Crippen molar-refractivity contribution in [3.8, 4) is 0 Å². The van der Waals surface area contributed by atoms with E-state index in [2.05, 4.69) is 14.9 Å². The smallest absolute Gasteiger partial charge is 0.376 e. The first-order valence-electron chi connectivity index (χ1n) is 3.87. The average molecular weight is 193 g/mol. The molecule has 0 unspecified atom stereocenters. The van der Waals surface area contributed by atoms with Gasteiger partial charge in [0.1, 0.15) is 5.65 Å². The number of pyridine rings is 1. The standard InChI is InChI=1S/C8H7N3O3/c1-14-8(13)7-10-9-6-4-5(12)2-3-11(6)7/h2-4,9H,1H3. The summed E-state index contributed by atoms with van der Waals surface area (Å²) in [6.07, 6.45) is 1.47. The number of ether oxygens (including phenoxy) is 1. The van der Waals surface area contributed by atoms with Gasteiger partial charge in [0, 0.05) is 18.3 Å². The molecule has 1 N–H and O–H groups in total. The SMILES string of the molecule is COC(=O)c1n[nH]c2cc(=O)ccn12. The van der Waals surface area contributed by atoms with Gasteiger partial charge in [-0.05, 0) is 0 Å². The van der Waals surface area contributed by atoms with Gasteiger partial charge in [0.15, 0.2) is 5.43 Å². The molecule has 2 aromatic rings. The van der Waals surface area contributed by atoms with Crippen molar-refractivity contribution in [1.82, 2.24) is 14.6 Å². The Hall–Kier alpha value is -2.11. The second-order valence-electron chi connectivity index (χ2n) is 2.66. The maximum absolute atomic E-state index is 11.2. The molecule has 2 rings (SSSR count). The molecule has 2 heterocycles. The van der Waals surface area contributed by atoms with E-state index in [4.69, 9.17) is 0 Å². The number of nitrogens with one attached hydrogen (secondary N) is 1. The Bertz CT molecular complexity index is 540. The fourth-order valence-electron chi connectivity index (χ4n) is 1.15. The first kappa shape index (κ1) is 8.49. The Morgan fingerprint density at radius 1 is 1.64 bits per heavy atom. The molecule has 6 heteroatoms. The van der Waals surface area contributed by atoms with Crippen LogP contribution >= 0.6 is 0 Å². The van der Waals surface area contributed by atoms with Gasteiger partial charge in [-0.25, -0.2) is 4.79 Å². The zero-order valence-electron chi connectivity index (χ0n) is 7.35. The highest BCUT2D eigenvalue weighted by Gasteiger charge is 2.12. The van der Waals surface area contributed by atoms with Crippen LogP contribution in [0.2, 0.25) is 0 Å². The number of hydrogen-bond donors (Lipinski definition) is 1. The van der Waals surface area contributed by atoms with Crippen LogP contribution in [-0.2, 0) is 4.74 Å². The highest BCUT2D eigenvalue weighted by atomic mass is 16.5. The number of carbonyl (C=O) groups excluding carboxylic acids is 1. The van der Waals surface area contributed by atoms with E-state index in [-0.39, 0.29) is 11.3 Å². The van der Waals surface area contributed by atoms with Gasteiger partial charge in [0.2, 0.25) is 5.82 Å². The molecule has 14 heavy (non-hydrogen) atoms. The summed E-state index contributed by atoms with van der Waals surface area (Å²) in [5.41, 5.74) is 0.308. The molecule has 0 atom stereocenters. The van der Waals surface area contributed by atoms with Crippen molar-refractivity contribution in [2.75, 3.05) is 7.11 Å². The van der Waals surface area contributed by atoms with Gasteiger partial charge >= 0.3 is 5.97 Å². The topological polar surface area (TPSA) is 76.5 Å². The number of methoxy groups -OCH3 is 1. The number of aromatic amines is 1. The molecule has 0 bridgehead atoms. The first-order chi connectivity index (χ1) is 6.72. The van der Waals surface area contributed by atoms with Crippen LogP contribution in [0.5, 0.6) is 0 Å². The largest absolute Gasteiger partial charge is 0.463 e. The van der Waals surface area contributed by atoms with Gasteiger partial charge in [-0.2, -0.15) is 0 Å². The molecule has 0 saturated carbocycles. The second kappa shape index (κ2) is 2.99. The third-order valence-corrected chi connectivity index (χ3v) is 1.80. The predicted octanol–water partition coefficient (Wildman–Crippen LogP) is -0.191. The average Bonchev–Trinajstić information content (AvgIpc) is 2.59. The van der Waals surface area contributed by atoms with E-state index < -0.39 is 5.97 Å². The van der Waals surface area contributed by atoms with Crippen molar-refractivity contribution in [1.29, 1.82) is 0 Å². The Kier molecular flexibility index (Phi) is 1.81. The molecule has 0 aliphatic carbocycles. The minimum Gasteiger partial charge on any atom is -0.463 e. The van der Waals surface area contributed by atoms with Crippen molar-refractivity contribution in [2.24, 2.45) is 0 Å². The van der Waals surface area contributed by atoms with Gasteiger partial charge < -0.3 is 4.74 Å². The van der Waals surface area contributed by atoms with Crippen molar-refractivity contribution >= 4 is 11.6 Å². The van der Waals surface area contributed by atoms with Crippen LogP contribution in [0.3, 0.4) is 0 Å². The summed E-state index contributed by atoms with van der Waals surface area (Å²) in [5.74, 6) is -0.442. The summed E-state index contributed by atoms with van der Waals surface area (Å²) < 4.78 is 5.96. The zero-order chi connectivity index (χ0) is 10.1. The van der Waals surface area contributed by atoms with Gasteiger partial charge in [0.05, 0.1) is 7.11 Å². The molecular formula is C8H7N3O3. The Labute approximate surface area is 78.1 Å². The normalized spacial score (nSPS) is 10.4. The van der Waals surface area contributed by atoms with Crippen LogP contribution < -0.4 is 5.43 Å². The van der Waals surface area contributed by atoms with Crippen molar-refractivity contribution in [3.05, 3.63) is 34.4 Å². The number of H-pyrrole nitrogens is 1. The molecule has 6 nitrogen and oxygen atoms in total. The molecule has 72 valence electrons. The highest BCUT2D eigenvalue weighted by molar-refractivity contribution is 5.86. The van der Waals surface area contributed by atoms with Gasteiger partial charge in [-0.3, -0.25) is 14.3 Å². The van der Waals surface area contributed by atoms with E-state index in [0.717, 1.165) is 0 Å². The monoisotopic (exact) mass is 193 g/mol. The van der Waals surface area contributed by atoms with Crippen molar-refractivity contribution < 1.29 is 9.53 Å². The minimum absolute atomic E-state index is 0.113. The van der Waals surface area contributed by atoms with E-state index in [1.807, 2.05) is 0 Å². The van der Waals surface area contributed by atoms with E-state index in [9.17, 15) is 9.59 Å². The van der Waals surface area contributed by atoms with Crippen LogP contribution in [0, 0.1) is 0 Å². The molecule has 0 saturated heterocycles. The lowest BCUT2D eigenvalue weighted by atomic mass is 10.4. The molecule has 0 fully saturated rings. The Morgan fingerprint density at radius 3 is 3.14 bits per heavy atom. The van der Waals surface area contributed by atoms with Crippen LogP contribution in [0.25, 0.3) is 5.65 Å². The number of fused-ring (bicyclic) bond motifs is 1. The van der Waals surface area contributed by atoms with E-state index in [0.29, 0.717) is 5.65 Å². The maximum atomic E-state index is 11.2. The fraction of sp³-hybridized carbons (Fsp3) is 0.125. The Balaban J connectivity index is 2.70. The molecule has 0 aromatic carbocycles. The predicted molar refractivity (Wildman–Crippen MR) is 47.2 cm³/mol. The number of hydrogen-bond acceptors (Lipinski definition) is 4. The van der Waals surface area contributed by atoms with E-state index in [1.165, 1.54) is 29.8 Å². The first-order valence-corrected chi connectivity index (χ1v) is 3.87. The molecule has 0 aliphatic rings. The summed E-state index contributed by atoms with van der Waals surface area (Å²) in [4.78, 5) is 22.1. The maximum Gasteiger partial charge on any atom is 0.376 e. The summed E-state index contributed by atoms with van der Waals surface area (Å²) >= 11 is 0. The molecule has 0 radical (unpaired) electrons.